The molecule has 5 nitrogen and oxygen atoms in total. The standard InChI is InChI=1S/C12H24N2O3/c1-6-11(5,13)12(16)7-14(8-12)9(15)17-10(2,3)4/h16H,6-8,13H2,1-5H3. The second kappa shape index (κ2) is 4.14. The molecule has 0 aliphatic carbocycles. The average Bonchev–Trinajstić information content (AvgIpc) is 2.09. The van der Waals surface area contributed by atoms with Gasteiger partial charge in [-0.3, -0.25) is 0 Å². The fourth-order valence-corrected chi connectivity index (χ4v) is 1.73. The molecular weight excluding hydrogens is 220 g/mol. The van der Waals surface area contributed by atoms with E-state index in [0.717, 1.165) is 0 Å². The molecule has 1 rings (SSSR count). The Labute approximate surface area is 103 Å². The summed E-state index contributed by atoms with van der Waals surface area (Å²) in [5.74, 6) is 0. The number of nitrogens with zero attached hydrogens (tertiary/aromatic N) is 1. The van der Waals surface area contributed by atoms with Crippen molar-refractivity contribution < 1.29 is 14.6 Å². The molecule has 1 aliphatic rings. The highest BCUT2D eigenvalue weighted by Crippen LogP contribution is 2.33. The van der Waals surface area contributed by atoms with Crippen molar-refractivity contribution in [1.82, 2.24) is 4.90 Å². The Bertz CT molecular complexity index is 301. The van der Waals surface area contributed by atoms with Gasteiger partial charge in [0.05, 0.1) is 13.1 Å². The first-order valence-electron chi connectivity index (χ1n) is 6.00. The molecule has 0 radical (unpaired) electrons. The maximum Gasteiger partial charge on any atom is 0.410 e. The number of hydrogen-bond donors (Lipinski definition) is 2. The summed E-state index contributed by atoms with van der Waals surface area (Å²) in [5, 5.41) is 10.3. The lowest BCUT2D eigenvalue weighted by Gasteiger charge is -2.53. The molecule has 0 spiro atoms. The molecule has 0 aromatic heterocycles. The number of hydrogen-bond acceptors (Lipinski definition) is 4. The molecule has 100 valence electrons. The van der Waals surface area contributed by atoms with Crippen molar-refractivity contribution in [3.8, 4) is 0 Å². The minimum Gasteiger partial charge on any atom is -0.444 e. The highest BCUT2D eigenvalue weighted by atomic mass is 16.6. The fraction of sp³-hybridized carbons (Fsp3) is 0.917. The number of amides is 1. The van der Waals surface area contributed by atoms with Crippen molar-refractivity contribution in [3.05, 3.63) is 0 Å². The first-order valence-corrected chi connectivity index (χ1v) is 6.00. The molecule has 5 heteroatoms. The van der Waals surface area contributed by atoms with Gasteiger partial charge in [-0.1, -0.05) is 6.92 Å². The van der Waals surface area contributed by atoms with E-state index in [-0.39, 0.29) is 13.1 Å². The van der Waals surface area contributed by atoms with Gasteiger partial charge in [-0.25, -0.2) is 4.79 Å². The summed E-state index contributed by atoms with van der Waals surface area (Å²) in [5.41, 5.74) is 3.83. The highest BCUT2D eigenvalue weighted by molar-refractivity contribution is 5.69. The molecule has 1 unspecified atom stereocenters. The fourth-order valence-electron chi connectivity index (χ4n) is 1.73. The Hall–Kier alpha value is -0.810. The Kier molecular flexibility index (Phi) is 3.47. The number of carbonyl (C=O) groups is 1. The van der Waals surface area contributed by atoms with Gasteiger partial charge in [0.25, 0.3) is 0 Å². The number of β-amino-alcohol motifs (C(OH)–C–C–N with tert-alkyl or cyclic N) is 1. The molecule has 0 aromatic carbocycles. The normalized spacial score (nSPS) is 22.6. The number of nitrogens with two attached hydrogens (primary N) is 1. The molecule has 3 N–H and O–H groups in total. The maximum atomic E-state index is 11.7. The minimum atomic E-state index is -1.00. The van der Waals surface area contributed by atoms with Gasteiger partial charge in [-0.2, -0.15) is 0 Å². The summed E-state index contributed by atoms with van der Waals surface area (Å²) in [6.45, 7) is 9.65. The number of likely N-dealkylation sites (tertiary alicyclic amines) is 1. The SMILES string of the molecule is CCC(C)(N)C1(O)CN(C(=O)OC(C)(C)C)C1. The lowest BCUT2D eigenvalue weighted by molar-refractivity contribution is -0.137. The van der Waals surface area contributed by atoms with Gasteiger partial charge < -0.3 is 20.5 Å². The molecule has 1 saturated heterocycles. The second-order valence-electron chi connectivity index (χ2n) is 6.14. The predicted octanol–water partition coefficient (Wildman–Crippen LogP) is 1.10. The maximum absolute atomic E-state index is 11.7. The van der Waals surface area contributed by atoms with E-state index >= 15 is 0 Å². The van der Waals surface area contributed by atoms with Crippen LogP contribution in [-0.2, 0) is 4.74 Å². The Morgan fingerprint density at radius 1 is 1.41 bits per heavy atom. The number of rotatable bonds is 2. The molecule has 1 atom stereocenters. The summed E-state index contributed by atoms with van der Waals surface area (Å²) < 4.78 is 5.22. The van der Waals surface area contributed by atoms with Crippen LogP contribution in [0.2, 0.25) is 0 Å². The quantitative estimate of drug-likeness (QED) is 0.762. The third-order valence-electron chi connectivity index (χ3n) is 3.35. The number of ether oxygens (including phenoxy) is 1. The van der Waals surface area contributed by atoms with Gasteiger partial charge >= 0.3 is 6.09 Å². The van der Waals surface area contributed by atoms with Gasteiger partial charge in [-0.15, -0.1) is 0 Å². The van der Waals surface area contributed by atoms with Gasteiger partial charge in [0, 0.05) is 5.54 Å². The van der Waals surface area contributed by atoms with Crippen molar-refractivity contribution >= 4 is 6.09 Å². The van der Waals surface area contributed by atoms with Crippen LogP contribution in [0.25, 0.3) is 0 Å². The van der Waals surface area contributed by atoms with Gasteiger partial charge in [0.1, 0.15) is 11.2 Å². The van der Waals surface area contributed by atoms with E-state index in [9.17, 15) is 9.90 Å². The minimum absolute atomic E-state index is 0.239. The van der Waals surface area contributed by atoms with Crippen LogP contribution in [0, 0.1) is 0 Å². The first-order chi connectivity index (χ1) is 7.51. The van der Waals surface area contributed by atoms with Gasteiger partial charge in [0.15, 0.2) is 0 Å². The third-order valence-corrected chi connectivity index (χ3v) is 3.35. The van der Waals surface area contributed by atoms with Crippen LogP contribution < -0.4 is 5.73 Å². The Morgan fingerprint density at radius 3 is 2.24 bits per heavy atom. The van der Waals surface area contributed by atoms with Crippen LogP contribution in [0.4, 0.5) is 4.79 Å². The Balaban J connectivity index is 2.54. The molecule has 1 amide bonds. The Morgan fingerprint density at radius 2 is 1.88 bits per heavy atom. The summed E-state index contributed by atoms with van der Waals surface area (Å²) in [7, 11) is 0. The van der Waals surface area contributed by atoms with Gasteiger partial charge in [0.2, 0.25) is 0 Å². The summed E-state index contributed by atoms with van der Waals surface area (Å²) in [6, 6.07) is 0. The van der Waals surface area contributed by atoms with Crippen molar-refractivity contribution in [2.45, 2.75) is 57.8 Å². The first kappa shape index (κ1) is 14.3. The zero-order valence-corrected chi connectivity index (χ0v) is 11.4. The van der Waals surface area contributed by atoms with Crippen molar-refractivity contribution in [2.24, 2.45) is 5.73 Å². The van der Waals surface area contributed by atoms with Crippen LogP contribution in [0.15, 0.2) is 0 Å². The van der Waals surface area contributed by atoms with Crippen LogP contribution in [-0.4, -0.2) is 45.9 Å². The number of carbonyl (C=O) groups excluding carboxylic acids is 1. The highest BCUT2D eigenvalue weighted by Gasteiger charge is 2.54. The molecule has 0 saturated carbocycles. The smallest absolute Gasteiger partial charge is 0.410 e. The summed E-state index contributed by atoms with van der Waals surface area (Å²) in [4.78, 5) is 13.2. The zero-order chi connectivity index (χ0) is 13.5. The number of aliphatic hydroxyl groups is 1. The molecule has 1 fully saturated rings. The predicted molar refractivity (Wildman–Crippen MR) is 65.6 cm³/mol. The second-order valence-corrected chi connectivity index (χ2v) is 6.14. The topological polar surface area (TPSA) is 75.8 Å². The average molecular weight is 244 g/mol. The lowest BCUT2D eigenvalue weighted by atomic mass is 9.74. The van der Waals surface area contributed by atoms with E-state index in [1.807, 2.05) is 27.7 Å². The summed E-state index contributed by atoms with van der Waals surface area (Å²) >= 11 is 0. The molecule has 0 aromatic rings. The largest absolute Gasteiger partial charge is 0.444 e. The molecule has 17 heavy (non-hydrogen) atoms. The van der Waals surface area contributed by atoms with E-state index in [2.05, 4.69) is 0 Å². The van der Waals surface area contributed by atoms with Crippen LogP contribution >= 0.6 is 0 Å². The molecule has 1 heterocycles. The third kappa shape index (κ3) is 2.90. The molecular formula is C12H24N2O3. The molecule has 1 aliphatic heterocycles. The monoisotopic (exact) mass is 244 g/mol. The zero-order valence-electron chi connectivity index (χ0n) is 11.4. The van der Waals surface area contributed by atoms with Crippen molar-refractivity contribution in [2.75, 3.05) is 13.1 Å². The van der Waals surface area contributed by atoms with Crippen molar-refractivity contribution in [3.63, 3.8) is 0 Å². The van der Waals surface area contributed by atoms with Crippen molar-refractivity contribution in [1.29, 1.82) is 0 Å². The van der Waals surface area contributed by atoms with E-state index in [1.165, 1.54) is 4.90 Å². The lowest BCUT2D eigenvalue weighted by Crippen LogP contribution is -2.75. The van der Waals surface area contributed by atoms with Gasteiger partial charge in [-0.05, 0) is 34.1 Å². The summed E-state index contributed by atoms with van der Waals surface area (Å²) in [6.07, 6.45) is 0.264. The van der Waals surface area contributed by atoms with E-state index in [0.29, 0.717) is 6.42 Å². The van der Waals surface area contributed by atoms with Crippen LogP contribution in [0.1, 0.15) is 41.0 Å². The molecule has 0 bridgehead atoms. The van der Waals surface area contributed by atoms with E-state index in [4.69, 9.17) is 10.5 Å². The van der Waals surface area contributed by atoms with E-state index < -0.39 is 22.8 Å². The van der Waals surface area contributed by atoms with E-state index in [1.54, 1.807) is 6.92 Å². The van der Waals surface area contributed by atoms with Crippen LogP contribution in [0.5, 0.6) is 0 Å². The van der Waals surface area contributed by atoms with Crippen LogP contribution in [0.3, 0.4) is 0 Å².